The van der Waals surface area contributed by atoms with Crippen molar-refractivity contribution in [3.63, 3.8) is 0 Å². The second-order valence-corrected chi connectivity index (χ2v) is 4.69. The molecular formula is C10H15N3O. The van der Waals surface area contributed by atoms with Crippen molar-refractivity contribution in [2.75, 3.05) is 0 Å². The van der Waals surface area contributed by atoms with Crippen LogP contribution in [-0.2, 0) is 0 Å². The third-order valence-corrected chi connectivity index (χ3v) is 2.66. The summed E-state index contributed by atoms with van der Waals surface area (Å²) in [5, 5.41) is 2.96. The van der Waals surface area contributed by atoms with Crippen molar-refractivity contribution in [3.8, 4) is 0 Å². The smallest absolute Gasteiger partial charge is 0.327 e. The van der Waals surface area contributed by atoms with Crippen LogP contribution < -0.4 is 5.32 Å². The molecule has 1 fully saturated rings. The van der Waals surface area contributed by atoms with Crippen LogP contribution in [0.3, 0.4) is 0 Å². The lowest BCUT2D eigenvalue weighted by Gasteiger charge is -2.42. The van der Waals surface area contributed by atoms with Crippen molar-refractivity contribution >= 4 is 6.03 Å². The number of carbonyl (C=O) groups is 1. The topological polar surface area (TPSA) is 46.9 Å². The van der Waals surface area contributed by atoms with Crippen LogP contribution in [-0.4, -0.2) is 21.6 Å². The molecule has 0 radical (unpaired) electrons. The summed E-state index contributed by atoms with van der Waals surface area (Å²) in [6.45, 7) is 4.43. The Morgan fingerprint density at radius 2 is 2.29 bits per heavy atom. The van der Waals surface area contributed by atoms with E-state index in [1.54, 1.807) is 12.4 Å². The predicted molar refractivity (Wildman–Crippen MR) is 53.0 cm³/mol. The van der Waals surface area contributed by atoms with Gasteiger partial charge in [-0.05, 0) is 18.3 Å². The normalized spacial score (nSPS) is 20.1. The van der Waals surface area contributed by atoms with Gasteiger partial charge < -0.3 is 5.32 Å². The molecule has 0 aliphatic heterocycles. The van der Waals surface area contributed by atoms with E-state index in [0.717, 1.165) is 12.8 Å². The molecule has 0 bridgehead atoms. The summed E-state index contributed by atoms with van der Waals surface area (Å²) in [6, 6.07) is 0.253. The number of hydrogen-bond acceptors (Lipinski definition) is 2. The Morgan fingerprint density at radius 3 is 2.79 bits per heavy atom. The second kappa shape index (κ2) is 3.12. The maximum Gasteiger partial charge on any atom is 0.327 e. The van der Waals surface area contributed by atoms with Gasteiger partial charge in [-0.1, -0.05) is 13.8 Å². The number of nitrogens with zero attached hydrogens (tertiary/aromatic N) is 2. The van der Waals surface area contributed by atoms with Gasteiger partial charge in [0.05, 0.1) is 0 Å². The molecule has 1 amide bonds. The van der Waals surface area contributed by atoms with Crippen LogP contribution in [0.1, 0.15) is 26.7 Å². The molecule has 0 spiro atoms. The fourth-order valence-electron chi connectivity index (χ4n) is 2.00. The number of hydrogen-bond donors (Lipinski definition) is 1. The van der Waals surface area contributed by atoms with Gasteiger partial charge in [-0.25, -0.2) is 9.78 Å². The predicted octanol–water partition coefficient (Wildman–Crippen LogP) is 1.63. The van der Waals surface area contributed by atoms with Crippen molar-refractivity contribution in [2.24, 2.45) is 5.41 Å². The third-order valence-electron chi connectivity index (χ3n) is 2.66. The summed E-state index contributed by atoms with van der Waals surface area (Å²) < 4.78 is 1.46. The highest BCUT2D eigenvalue weighted by atomic mass is 16.2. The Labute approximate surface area is 83.3 Å². The maximum atomic E-state index is 11.5. The third kappa shape index (κ3) is 1.78. The van der Waals surface area contributed by atoms with E-state index in [9.17, 15) is 4.79 Å². The number of aromatic nitrogens is 2. The van der Waals surface area contributed by atoms with E-state index in [1.807, 2.05) is 0 Å². The van der Waals surface area contributed by atoms with E-state index < -0.39 is 0 Å². The standard InChI is InChI=1S/C10H15N3O/c1-10(2)5-8(6-10)12-9(14)13-4-3-11-7-13/h3-4,7-8H,5-6H2,1-2H3,(H,12,14). The quantitative estimate of drug-likeness (QED) is 0.736. The Hall–Kier alpha value is -1.32. The highest BCUT2D eigenvalue weighted by Crippen LogP contribution is 2.39. The van der Waals surface area contributed by atoms with Crippen molar-refractivity contribution < 1.29 is 4.79 Å². The SMILES string of the molecule is CC1(C)CC(NC(=O)n2ccnc2)C1. The van der Waals surface area contributed by atoms with Crippen molar-refractivity contribution in [1.29, 1.82) is 0 Å². The summed E-state index contributed by atoms with van der Waals surface area (Å²) in [5.74, 6) is 0. The van der Waals surface area contributed by atoms with Crippen molar-refractivity contribution in [3.05, 3.63) is 18.7 Å². The average Bonchev–Trinajstić information content (AvgIpc) is 2.51. The summed E-state index contributed by atoms with van der Waals surface area (Å²) in [7, 11) is 0. The Bertz CT molecular complexity index is 321. The molecule has 0 unspecified atom stereocenters. The van der Waals surface area contributed by atoms with Crippen LogP contribution in [0, 0.1) is 5.41 Å². The first kappa shape index (κ1) is 9.24. The molecule has 1 aliphatic carbocycles. The molecule has 1 aliphatic rings. The van der Waals surface area contributed by atoms with Gasteiger partial charge >= 0.3 is 6.03 Å². The number of carbonyl (C=O) groups excluding carboxylic acids is 1. The molecule has 0 saturated heterocycles. The van der Waals surface area contributed by atoms with Gasteiger partial charge in [0.1, 0.15) is 6.33 Å². The van der Waals surface area contributed by atoms with E-state index in [2.05, 4.69) is 24.1 Å². The van der Waals surface area contributed by atoms with E-state index in [-0.39, 0.29) is 6.03 Å². The van der Waals surface area contributed by atoms with Gasteiger partial charge in [-0.3, -0.25) is 4.57 Å². The molecule has 1 N–H and O–H groups in total. The summed E-state index contributed by atoms with van der Waals surface area (Å²) in [5.41, 5.74) is 0.396. The van der Waals surface area contributed by atoms with E-state index in [4.69, 9.17) is 0 Å². The van der Waals surface area contributed by atoms with Gasteiger partial charge in [0, 0.05) is 18.4 Å². The molecule has 0 aromatic carbocycles. The van der Waals surface area contributed by atoms with Crippen LogP contribution >= 0.6 is 0 Å². The maximum absolute atomic E-state index is 11.5. The zero-order chi connectivity index (χ0) is 10.2. The largest absolute Gasteiger partial charge is 0.335 e. The fraction of sp³-hybridized carbons (Fsp3) is 0.600. The van der Waals surface area contributed by atoms with Crippen LogP contribution in [0.15, 0.2) is 18.7 Å². The van der Waals surface area contributed by atoms with Crippen LogP contribution in [0.2, 0.25) is 0 Å². The van der Waals surface area contributed by atoms with E-state index in [0.29, 0.717) is 11.5 Å². The monoisotopic (exact) mass is 193 g/mol. The molecule has 1 saturated carbocycles. The molecule has 2 rings (SSSR count). The van der Waals surface area contributed by atoms with Crippen molar-refractivity contribution in [2.45, 2.75) is 32.7 Å². The number of imidazole rings is 1. The first-order chi connectivity index (χ1) is 6.57. The summed E-state index contributed by atoms with van der Waals surface area (Å²) in [4.78, 5) is 15.4. The molecule has 0 atom stereocenters. The number of rotatable bonds is 1. The van der Waals surface area contributed by atoms with Crippen LogP contribution in [0.4, 0.5) is 4.79 Å². The molecule has 4 nitrogen and oxygen atoms in total. The Balaban J connectivity index is 1.86. The lowest BCUT2D eigenvalue weighted by atomic mass is 9.68. The van der Waals surface area contributed by atoms with Gasteiger partial charge in [0.2, 0.25) is 0 Å². The molecule has 14 heavy (non-hydrogen) atoms. The molecule has 76 valence electrons. The average molecular weight is 193 g/mol. The first-order valence-corrected chi connectivity index (χ1v) is 4.86. The zero-order valence-electron chi connectivity index (χ0n) is 8.53. The molecular weight excluding hydrogens is 178 g/mol. The highest BCUT2D eigenvalue weighted by molar-refractivity contribution is 5.76. The molecule has 1 aromatic heterocycles. The molecule has 1 aromatic rings. The summed E-state index contributed by atoms with van der Waals surface area (Å²) in [6.07, 6.45) is 6.89. The number of nitrogens with one attached hydrogen (secondary N) is 1. The lowest BCUT2D eigenvalue weighted by Crippen LogP contribution is -2.49. The van der Waals surface area contributed by atoms with Crippen LogP contribution in [0.25, 0.3) is 0 Å². The number of amides is 1. The minimum atomic E-state index is -0.0806. The molecule has 4 heteroatoms. The first-order valence-electron chi connectivity index (χ1n) is 4.86. The zero-order valence-corrected chi connectivity index (χ0v) is 8.53. The Kier molecular flexibility index (Phi) is 2.06. The van der Waals surface area contributed by atoms with Gasteiger partial charge in [-0.15, -0.1) is 0 Å². The van der Waals surface area contributed by atoms with Gasteiger partial charge in [0.15, 0.2) is 0 Å². The van der Waals surface area contributed by atoms with Gasteiger partial charge in [0.25, 0.3) is 0 Å². The molecule has 1 heterocycles. The van der Waals surface area contributed by atoms with Crippen molar-refractivity contribution in [1.82, 2.24) is 14.9 Å². The second-order valence-electron chi connectivity index (χ2n) is 4.69. The van der Waals surface area contributed by atoms with E-state index in [1.165, 1.54) is 10.9 Å². The van der Waals surface area contributed by atoms with Crippen LogP contribution in [0.5, 0.6) is 0 Å². The highest BCUT2D eigenvalue weighted by Gasteiger charge is 2.36. The lowest BCUT2D eigenvalue weighted by molar-refractivity contribution is 0.130. The van der Waals surface area contributed by atoms with Gasteiger partial charge in [-0.2, -0.15) is 0 Å². The fourth-order valence-corrected chi connectivity index (χ4v) is 2.00. The summed E-state index contributed by atoms with van der Waals surface area (Å²) >= 11 is 0. The Morgan fingerprint density at radius 1 is 1.57 bits per heavy atom. The van der Waals surface area contributed by atoms with E-state index >= 15 is 0 Å². The minimum Gasteiger partial charge on any atom is -0.335 e. The minimum absolute atomic E-state index is 0.0806.